The van der Waals surface area contributed by atoms with E-state index in [0.29, 0.717) is 12.6 Å². The summed E-state index contributed by atoms with van der Waals surface area (Å²) in [7, 11) is 0. The molecule has 0 unspecified atom stereocenters. The van der Waals surface area contributed by atoms with Crippen molar-refractivity contribution in [3.63, 3.8) is 0 Å². The Kier molecular flexibility index (Phi) is 5.85. The Morgan fingerprint density at radius 3 is 2.25 bits per heavy atom. The minimum absolute atomic E-state index is 0.260. The molecule has 2 fully saturated rings. The van der Waals surface area contributed by atoms with Gasteiger partial charge in [0.2, 0.25) is 5.91 Å². The Hall–Kier alpha value is -0.610. The van der Waals surface area contributed by atoms with Crippen LogP contribution in [0, 0.1) is 5.92 Å². The highest BCUT2D eigenvalue weighted by Crippen LogP contribution is 2.27. The number of hydrogen-bond donors (Lipinski definition) is 1. The quantitative estimate of drug-likeness (QED) is 0.852. The van der Waals surface area contributed by atoms with E-state index in [1.165, 1.54) is 25.7 Å². The van der Waals surface area contributed by atoms with Crippen molar-refractivity contribution in [3.05, 3.63) is 0 Å². The predicted molar refractivity (Wildman–Crippen MR) is 82.7 cm³/mol. The van der Waals surface area contributed by atoms with Crippen molar-refractivity contribution in [3.8, 4) is 0 Å². The number of piperazine rings is 1. The number of rotatable bonds is 4. The van der Waals surface area contributed by atoms with Crippen molar-refractivity contribution in [1.82, 2.24) is 15.1 Å². The normalized spacial score (nSPS) is 28.9. The molecule has 1 aliphatic carbocycles. The first-order valence-electron chi connectivity index (χ1n) is 8.31. The van der Waals surface area contributed by atoms with Gasteiger partial charge in [0.15, 0.2) is 0 Å². The van der Waals surface area contributed by atoms with Gasteiger partial charge in [-0.25, -0.2) is 0 Å². The molecule has 0 bridgehead atoms. The Morgan fingerprint density at radius 1 is 1.10 bits per heavy atom. The summed E-state index contributed by atoms with van der Waals surface area (Å²) in [5.41, 5.74) is 0. The lowest BCUT2D eigenvalue weighted by molar-refractivity contribution is -0.132. The summed E-state index contributed by atoms with van der Waals surface area (Å²) in [6.45, 7) is 11.0. The van der Waals surface area contributed by atoms with Gasteiger partial charge in [-0.15, -0.1) is 0 Å². The Morgan fingerprint density at radius 2 is 1.70 bits per heavy atom. The molecule has 1 saturated carbocycles. The van der Waals surface area contributed by atoms with Gasteiger partial charge in [0, 0.05) is 38.3 Å². The van der Waals surface area contributed by atoms with Crippen LogP contribution in [0.1, 0.15) is 46.5 Å². The minimum atomic E-state index is 0.260. The summed E-state index contributed by atoms with van der Waals surface area (Å²) in [4.78, 5) is 16.7. The van der Waals surface area contributed by atoms with Crippen molar-refractivity contribution >= 4 is 5.91 Å². The van der Waals surface area contributed by atoms with Gasteiger partial charge in [-0.1, -0.05) is 20.8 Å². The molecule has 2 aliphatic rings. The van der Waals surface area contributed by atoms with Crippen molar-refractivity contribution < 1.29 is 4.79 Å². The second-order valence-electron chi connectivity index (χ2n) is 6.87. The van der Waals surface area contributed by atoms with Crippen LogP contribution in [0.2, 0.25) is 0 Å². The maximum absolute atomic E-state index is 12.1. The molecule has 4 nitrogen and oxygen atoms in total. The summed E-state index contributed by atoms with van der Waals surface area (Å²) in [6.07, 6.45) is 5.46. The summed E-state index contributed by atoms with van der Waals surface area (Å²) < 4.78 is 0. The zero-order chi connectivity index (χ0) is 14.5. The fourth-order valence-electron chi connectivity index (χ4n) is 3.35. The summed E-state index contributed by atoms with van der Waals surface area (Å²) in [5, 5.41) is 3.22. The zero-order valence-electron chi connectivity index (χ0n) is 13.4. The number of hydrogen-bond acceptors (Lipinski definition) is 3. The fourth-order valence-corrected chi connectivity index (χ4v) is 3.35. The molecule has 20 heavy (non-hydrogen) atoms. The third-order valence-electron chi connectivity index (χ3n) is 4.83. The van der Waals surface area contributed by atoms with E-state index in [1.54, 1.807) is 0 Å². The maximum atomic E-state index is 12.1. The fraction of sp³-hybridized carbons (Fsp3) is 0.938. The smallest absolute Gasteiger partial charge is 0.236 e. The molecule has 0 atom stereocenters. The zero-order valence-corrected chi connectivity index (χ0v) is 13.4. The van der Waals surface area contributed by atoms with Crippen molar-refractivity contribution in [1.29, 1.82) is 0 Å². The molecule has 0 aromatic rings. The second-order valence-corrected chi connectivity index (χ2v) is 6.87. The van der Waals surface area contributed by atoms with Crippen LogP contribution >= 0.6 is 0 Å². The van der Waals surface area contributed by atoms with Gasteiger partial charge in [-0.05, 0) is 31.6 Å². The molecule has 0 radical (unpaired) electrons. The van der Waals surface area contributed by atoms with E-state index >= 15 is 0 Å². The summed E-state index contributed by atoms with van der Waals surface area (Å²) in [5.74, 6) is 1.17. The molecule has 0 aromatic heterocycles. The van der Waals surface area contributed by atoms with Gasteiger partial charge in [0.1, 0.15) is 0 Å². The highest BCUT2D eigenvalue weighted by molar-refractivity contribution is 5.78. The van der Waals surface area contributed by atoms with Crippen LogP contribution in [0.25, 0.3) is 0 Å². The van der Waals surface area contributed by atoms with Crippen LogP contribution in [0.5, 0.6) is 0 Å². The number of carbonyl (C=O) groups is 1. The highest BCUT2D eigenvalue weighted by atomic mass is 16.2. The van der Waals surface area contributed by atoms with Gasteiger partial charge in [0.05, 0.1) is 6.54 Å². The van der Waals surface area contributed by atoms with E-state index in [2.05, 4.69) is 31.0 Å². The molecule has 116 valence electrons. The summed E-state index contributed by atoms with van der Waals surface area (Å²) >= 11 is 0. The van der Waals surface area contributed by atoms with Gasteiger partial charge >= 0.3 is 0 Å². The van der Waals surface area contributed by atoms with E-state index in [0.717, 1.165) is 38.1 Å². The molecule has 0 aromatic carbocycles. The van der Waals surface area contributed by atoms with E-state index < -0.39 is 0 Å². The highest BCUT2D eigenvalue weighted by Gasteiger charge is 2.28. The summed E-state index contributed by atoms with van der Waals surface area (Å²) in [6, 6.07) is 1.15. The van der Waals surface area contributed by atoms with Crippen molar-refractivity contribution in [2.45, 2.75) is 58.5 Å². The van der Waals surface area contributed by atoms with E-state index in [1.807, 2.05) is 4.90 Å². The molecular formula is C16H31N3O. The lowest BCUT2D eigenvalue weighted by Gasteiger charge is -2.41. The molecule has 1 heterocycles. The average molecular weight is 281 g/mol. The standard InChI is InChI=1S/C16H31N3O/c1-13(2)17-12-16(20)19-10-8-18(9-11-19)15-6-4-14(3)5-7-15/h13-15,17H,4-12H2,1-3H3. The first-order valence-corrected chi connectivity index (χ1v) is 8.31. The van der Waals surface area contributed by atoms with E-state index in [4.69, 9.17) is 0 Å². The maximum Gasteiger partial charge on any atom is 0.236 e. The molecular weight excluding hydrogens is 250 g/mol. The van der Waals surface area contributed by atoms with Crippen LogP contribution in [0.15, 0.2) is 0 Å². The SMILES string of the molecule is CC1CCC(N2CCN(C(=O)CNC(C)C)CC2)CC1. The topological polar surface area (TPSA) is 35.6 Å². The molecule has 4 heteroatoms. The third kappa shape index (κ3) is 4.45. The number of nitrogens with one attached hydrogen (secondary N) is 1. The van der Waals surface area contributed by atoms with Gasteiger partial charge in [-0.2, -0.15) is 0 Å². The molecule has 2 rings (SSSR count). The van der Waals surface area contributed by atoms with Gasteiger partial charge < -0.3 is 10.2 Å². The van der Waals surface area contributed by atoms with Crippen LogP contribution in [0.3, 0.4) is 0 Å². The molecule has 1 amide bonds. The predicted octanol–water partition coefficient (Wildman–Crippen LogP) is 1.71. The van der Waals surface area contributed by atoms with E-state index in [-0.39, 0.29) is 5.91 Å². The molecule has 0 spiro atoms. The largest absolute Gasteiger partial charge is 0.339 e. The third-order valence-corrected chi connectivity index (χ3v) is 4.83. The molecule has 1 N–H and O–H groups in total. The van der Waals surface area contributed by atoms with Crippen LogP contribution in [-0.4, -0.2) is 60.5 Å². The van der Waals surface area contributed by atoms with Crippen LogP contribution in [0.4, 0.5) is 0 Å². The first-order chi connectivity index (χ1) is 9.56. The number of nitrogens with zero attached hydrogens (tertiary/aromatic N) is 2. The Balaban J connectivity index is 1.70. The Bertz CT molecular complexity index is 303. The number of carbonyl (C=O) groups excluding carboxylic acids is 1. The molecule has 1 saturated heterocycles. The number of amides is 1. The van der Waals surface area contributed by atoms with Crippen molar-refractivity contribution in [2.24, 2.45) is 5.92 Å². The Labute approximate surface area is 123 Å². The molecule has 1 aliphatic heterocycles. The first kappa shape index (κ1) is 15.8. The van der Waals surface area contributed by atoms with Crippen LogP contribution < -0.4 is 5.32 Å². The second kappa shape index (κ2) is 7.41. The lowest BCUT2D eigenvalue weighted by Crippen LogP contribution is -2.54. The van der Waals surface area contributed by atoms with Gasteiger partial charge in [-0.3, -0.25) is 9.69 Å². The monoisotopic (exact) mass is 281 g/mol. The van der Waals surface area contributed by atoms with Gasteiger partial charge in [0.25, 0.3) is 0 Å². The van der Waals surface area contributed by atoms with Crippen LogP contribution in [-0.2, 0) is 4.79 Å². The average Bonchev–Trinajstić information content (AvgIpc) is 2.46. The minimum Gasteiger partial charge on any atom is -0.339 e. The van der Waals surface area contributed by atoms with Crippen molar-refractivity contribution in [2.75, 3.05) is 32.7 Å². The lowest BCUT2D eigenvalue weighted by atomic mass is 9.86. The van der Waals surface area contributed by atoms with E-state index in [9.17, 15) is 4.79 Å².